The van der Waals surface area contributed by atoms with Crippen molar-refractivity contribution in [1.29, 1.82) is 0 Å². The molecule has 1 rings (SSSR count). The molecule has 1 fully saturated rings. The number of aliphatic hydroxyl groups is 1. The van der Waals surface area contributed by atoms with Crippen LogP contribution in [0.3, 0.4) is 0 Å². The molecule has 1 saturated carbocycles. The molecular weight excluding hydrogens is 160 g/mol. The Morgan fingerprint density at radius 2 is 1.38 bits per heavy atom. The Labute approximate surface area is 81.9 Å². The minimum absolute atomic E-state index is 0.227. The Hall–Kier alpha value is -0.300. The minimum atomic E-state index is -0.648. The molecule has 1 heteroatoms. The van der Waals surface area contributed by atoms with Crippen LogP contribution >= 0.6 is 0 Å². The predicted molar refractivity (Wildman–Crippen MR) is 56.6 cm³/mol. The van der Waals surface area contributed by atoms with E-state index in [1.165, 1.54) is 6.42 Å². The van der Waals surface area contributed by atoms with Gasteiger partial charge in [-0.1, -0.05) is 33.8 Å². The Kier molecular flexibility index (Phi) is 2.36. The molecule has 0 heterocycles. The average Bonchev–Trinajstić information content (AvgIpc) is 1.79. The lowest BCUT2D eigenvalue weighted by atomic mass is 9.60. The van der Waals surface area contributed by atoms with Crippen LogP contribution < -0.4 is 0 Å². The van der Waals surface area contributed by atoms with E-state index in [1.54, 1.807) is 6.08 Å². The van der Waals surface area contributed by atoms with E-state index in [-0.39, 0.29) is 10.8 Å². The van der Waals surface area contributed by atoms with Crippen molar-refractivity contribution in [2.75, 3.05) is 0 Å². The molecular formula is C12H22O. The molecule has 76 valence electrons. The van der Waals surface area contributed by atoms with Crippen LogP contribution in [0.2, 0.25) is 0 Å². The van der Waals surface area contributed by atoms with E-state index in [1.807, 2.05) is 0 Å². The van der Waals surface area contributed by atoms with Crippen molar-refractivity contribution in [3.63, 3.8) is 0 Å². The topological polar surface area (TPSA) is 20.2 Å². The fourth-order valence-corrected chi connectivity index (χ4v) is 3.28. The Morgan fingerprint density at radius 3 is 1.69 bits per heavy atom. The third-order valence-electron chi connectivity index (χ3n) is 2.91. The molecule has 0 radical (unpaired) electrons. The largest absolute Gasteiger partial charge is 0.386 e. The molecule has 0 aliphatic heterocycles. The van der Waals surface area contributed by atoms with Crippen molar-refractivity contribution in [3.8, 4) is 0 Å². The lowest BCUT2D eigenvalue weighted by molar-refractivity contribution is -0.0528. The summed E-state index contributed by atoms with van der Waals surface area (Å²) in [6, 6.07) is 0. The van der Waals surface area contributed by atoms with Crippen LogP contribution in [0.15, 0.2) is 12.7 Å². The van der Waals surface area contributed by atoms with Crippen LogP contribution in [0.4, 0.5) is 0 Å². The third kappa shape index (κ3) is 2.57. The molecule has 0 aromatic heterocycles. The van der Waals surface area contributed by atoms with Gasteiger partial charge in [0.2, 0.25) is 0 Å². The lowest BCUT2D eigenvalue weighted by Gasteiger charge is -2.48. The van der Waals surface area contributed by atoms with E-state index >= 15 is 0 Å². The summed E-state index contributed by atoms with van der Waals surface area (Å²) in [6.07, 6.45) is 4.58. The van der Waals surface area contributed by atoms with Gasteiger partial charge in [0.05, 0.1) is 5.60 Å². The summed E-state index contributed by atoms with van der Waals surface area (Å²) in [7, 11) is 0. The molecule has 13 heavy (non-hydrogen) atoms. The first-order valence-corrected chi connectivity index (χ1v) is 5.04. The zero-order chi connectivity index (χ0) is 10.3. The summed E-state index contributed by atoms with van der Waals surface area (Å²) in [4.78, 5) is 0. The van der Waals surface area contributed by atoms with E-state index in [4.69, 9.17) is 0 Å². The van der Waals surface area contributed by atoms with Crippen molar-refractivity contribution >= 4 is 0 Å². The molecule has 1 aliphatic carbocycles. The summed E-state index contributed by atoms with van der Waals surface area (Å²) in [6.45, 7) is 12.6. The maximum atomic E-state index is 10.2. The van der Waals surface area contributed by atoms with Gasteiger partial charge < -0.3 is 5.11 Å². The first-order valence-electron chi connectivity index (χ1n) is 5.04. The van der Waals surface area contributed by atoms with Crippen molar-refractivity contribution < 1.29 is 5.11 Å². The van der Waals surface area contributed by atoms with Crippen molar-refractivity contribution in [1.82, 2.24) is 0 Å². The van der Waals surface area contributed by atoms with Gasteiger partial charge in [0, 0.05) is 0 Å². The quantitative estimate of drug-likeness (QED) is 0.618. The van der Waals surface area contributed by atoms with Crippen LogP contribution in [0.5, 0.6) is 0 Å². The van der Waals surface area contributed by atoms with Gasteiger partial charge in [-0.05, 0) is 30.1 Å². The molecule has 0 atom stereocenters. The normalized spacial score (nSPS) is 29.6. The van der Waals surface area contributed by atoms with Crippen LogP contribution in [0.25, 0.3) is 0 Å². The highest BCUT2D eigenvalue weighted by molar-refractivity contribution is 5.06. The van der Waals surface area contributed by atoms with E-state index in [2.05, 4.69) is 34.3 Å². The number of hydrogen-bond donors (Lipinski definition) is 1. The molecule has 0 aromatic rings. The SMILES string of the molecule is C=CC1(O)CC(C)(C)CC(C)(C)C1. The van der Waals surface area contributed by atoms with Crippen molar-refractivity contribution in [2.45, 2.75) is 52.6 Å². The van der Waals surface area contributed by atoms with Gasteiger partial charge in [-0.15, -0.1) is 6.58 Å². The second kappa shape index (κ2) is 2.84. The highest BCUT2D eigenvalue weighted by Crippen LogP contribution is 2.50. The van der Waals surface area contributed by atoms with Gasteiger partial charge in [0.25, 0.3) is 0 Å². The predicted octanol–water partition coefficient (Wildman–Crippen LogP) is 3.14. The number of hydrogen-bond acceptors (Lipinski definition) is 1. The highest BCUT2D eigenvalue weighted by Gasteiger charge is 2.44. The van der Waals surface area contributed by atoms with Crippen LogP contribution in [0.1, 0.15) is 47.0 Å². The summed E-state index contributed by atoms with van der Waals surface area (Å²) < 4.78 is 0. The minimum Gasteiger partial charge on any atom is -0.386 e. The molecule has 0 bridgehead atoms. The van der Waals surface area contributed by atoms with Gasteiger partial charge in [0.15, 0.2) is 0 Å². The van der Waals surface area contributed by atoms with E-state index in [0.717, 1.165) is 12.8 Å². The Morgan fingerprint density at radius 1 is 1.00 bits per heavy atom. The van der Waals surface area contributed by atoms with Crippen LogP contribution in [0, 0.1) is 10.8 Å². The molecule has 0 spiro atoms. The van der Waals surface area contributed by atoms with Crippen molar-refractivity contribution in [3.05, 3.63) is 12.7 Å². The smallest absolute Gasteiger partial charge is 0.0835 e. The maximum absolute atomic E-state index is 10.2. The standard InChI is InChI=1S/C12H22O/c1-6-12(13)8-10(2,3)7-11(4,5)9-12/h6,13H,1,7-9H2,2-5H3. The molecule has 0 saturated heterocycles. The van der Waals surface area contributed by atoms with E-state index in [9.17, 15) is 5.11 Å². The second-order valence-electron chi connectivity index (χ2n) is 6.17. The molecule has 0 amide bonds. The summed E-state index contributed by atoms with van der Waals surface area (Å²) >= 11 is 0. The molecule has 1 aliphatic rings. The number of rotatable bonds is 1. The maximum Gasteiger partial charge on any atom is 0.0835 e. The molecule has 1 N–H and O–H groups in total. The van der Waals surface area contributed by atoms with E-state index in [0.29, 0.717) is 0 Å². The van der Waals surface area contributed by atoms with E-state index < -0.39 is 5.60 Å². The monoisotopic (exact) mass is 182 g/mol. The second-order valence-corrected chi connectivity index (χ2v) is 6.17. The van der Waals surface area contributed by atoms with Crippen molar-refractivity contribution in [2.24, 2.45) is 10.8 Å². The van der Waals surface area contributed by atoms with Gasteiger partial charge in [-0.3, -0.25) is 0 Å². The highest BCUT2D eigenvalue weighted by atomic mass is 16.3. The first kappa shape index (κ1) is 10.8. The zero-order valence-corrected chi connectivity index (χ0v) is 9.35. The summed E-state index contributed by atoms with van der Waals surface area (Å²) in [5, 5.41) is 10.2. The Bertz CT molecular complexity index is 197. The van der Waals surface area contributed by atoms with Gasteiger partial charge in [-0.25, -0.2) is 0 Å². The molecule has 0 aromatic carbocycles. The molecule has 1 nitrogen and oxygen atoms in total. The third-order valence-corrected chi connectivity index (χ3v) is 2.91. The average molecular weight is 182 g/mol. The lowest BCUT2D eigenvalue weighted by Crippen LogP contribution is -2.44. The summed E-state index contributed by atoms with van der Waals surface area (Å²) in [5.74, 6) is 0. The molecule has 0 unspecified atom stereocenters. The first-order chi connectivity index (χ1) is 5.68. The fourth-order valence-electron chi connectivity index (χ4n) is 3.28. The summed E-state index contributed by atoms with van der Waals surface area (Å²) in [5.41, 5.74) is -0.194. The zero-order valence-electron chi connectivity index (χ0n) is 9.35. The van der Waals surface area contributed by atoms with Gasteiger partial charge in [-0.2, -0.15) is 0 Å². The van der Waals surface area contributed by atoms with Gasteiger partial charge >= 0.3 is 0 Å². The van der Waals surface area contributed by atoms with Crippen LogP contribution in [-0.2, 0) is 0 Å². The fraction of sp³-hybridized carbons (Fsp3) is 0.833. The van der Waals surface area contributed by atoms with Crippen LogP contribution in [-0.4, -0.2) is 10.7 Å². The Balaban J connectivity index is 2.90. The van der Waals surface area contributed by atoms with Gasteiger partial charge in [0.1, 0.15) is 0 Å².